The molecule has 0 unspecified atom stereocenters. The summed E-state index contributed by atoms with van der Waals surface area (Å²) in [7, 11) is 0. The van der Waals surface area contributed by atoms with Crippen molar-refractivity contribution in [3.8, 4) is 44.5 Å². The third-order valence-electron chi connectivity index (χ3n) is 13.4. The molecule has 0 spiro atoms. The van der Waals surface area contributed by atoms with Crippen molar-refractivity contribution in [1.29, 1.82) is 0 Å². The first-order valence-corrected chi connectivity index (χ1v) is 24.5. The molecule has 0 amide bonds. The number of hydrogen-bond acceptors (Lipinski definition) is 3. The largest absolute Gasteiger partial charge is 0.311 e. The number of hydrogen-bond donors (Lipinski definition) is 0. The lowest BCUT2D eigenvalue weighted by atomic mass is 10.0. The van der Waals surface area contributed by atoms with E-state index in [1.165, 1.54) is 27.8 Å². The third kappa shape index (κ3) is 9.60. The van der Waals surface area contributed by atoms with E-state index in [0.717, 1.165) is 79.0 Å². The van der Waals surface area contributed by atoms with Gasteiger partial charge in [0.25, 0.3) is 0 Å². The van der Waals surface area contributed by atoms with Crippen molar-refractivity contribution in [3.63, 3.8) is 0 Å². The molecule has 0 aliphatic heterocycles. The van der Waals surface area contributed by atoms with Gasteiger partial charge in [-0.3, -0.25) is 0 Å². The first-order chi connectivity index (χ1) is 35.6. The molecule has 0 radical (unpaired) electrons. The van der Waals surface area contributed by atoms with E-state index in [1.54, 1.807) is 0 Å². The van der Waals surface area contributed by atoms with E-state index in [9.17, 15) is 0 Å². The Hall–Kier alpha value is -9.44. The monoisotopic (exact) mass is 923 g/mol. The van der Waals surface area contributed by atoms with Gasteiger partial charge in [0.2, 0.25) is 0 Å². The zero-order valence-electron chi connectivity index (χ0n) is 40.3. The molecule has 3 nitrogen and oxygen atoms in total. The molecule has 0 aromatic heterocycles. The van der Waals surface area contributed by atoms with E-state index in [-0.39, 0.29) is 0 Å². The molecular formula is C69H53N3. The van der Waals surface area contributed by atoms with Crippen LogP contribution in [0.2, 0.25) is 0 Å². The summed E-state index contributed by atoms with van der Waals surface area (Å²) in [6.07, 6.45) is 1.94. The Kier molecular flexibility index (Phi) is 12.9. The smallest absolute Gasteiger partial charge is 0.0467 e. The molecule has 11 aromatic rings. The molecule has 0 aliphatic carbocycles. The summed E-state index contributed by atoms with van der Waals surface area (Å²) in [5, 5.41) is 0. The summed E-state index contributed by atoms with van der Waals surface area (Å²) >= 11 is 0. The van der Waals surface area contributed by atoms with Gasteiger partial charge in [-0.1, -0.05) is 189 Å². The van der Waals surface area contributed by atoms with Gasteiger partial charge in [-0.15, -0.1) is 0 Å². The zero-order valence-corrected chi connectivity index (χ0v) is 40.3. The fourth-order valence-electron chi connectivity index (χ4n) is 9.56. The van der Waals surface area contributed by atoms with Crippen LogP contribution in [0, 0.1) is 6.92 Å². The Labute approximate surface area is 424 Å². The normalized spacial score (nSPS) is 10.9. The second-order valence-corrected chi connectivity index (χ2v) is 17.9. The van der Waals surface area contributed by atoms with Crippen LogP contribution in [0.15, 0.2) is 292 Å². The average Bonchev–Trinajstić information content (AvgIpc) is 3.46. The predicted octanol–water partition coefficient (Wildman–Crippen LogP) is 19.7. The number of nitrogens with zero attached hydrogens (tertiary/aromatic N) is 3. The second kappa shape index (κ2) is 20.7. The Morgan fingerprint density at radius 2 is 0.444 bits per heavy atom. The van der Waals surface area contributed by atoms with Gasteiger partial charge in [-0.25, -0.2) is 0 Å². The SMILES string of the molecule is C=Cc1cc(N(c2ccc(-c3ccc(N(c4ccccc4)c4ccc(-c5ccccc5)cc4)cc3)cc2)c2ccc(-c3ccc(N(c4ccccc4)c4ccc(-c5ccccc5)cc4)cc3)cc2)ccc1C. The van der Waals surface area contributed by atoms with Crippen molar-refractivity contribution in [1.82, 2.24) is 0 Å². The Bertz CT molecular complexity index is 3310. The number of benzene rings is 11. The maximum absolute atomic E-state index is 4.14. The topological polar surface area (TPSA) is 9.72 Å². The van der Waals surface area contributed by atoms with Crippen molar-refractivity contribution in [3.05, 3.63) is 303 Å². The van der Waals surface area contributed by atoms with Crippen LogP contribution in [0.4, 0.5) is 51.2 Å². The minimum atomic E-state index is 1.07. The van der Waals surface area contributed by atoms with Crippen molar-refractivity contribution in [2.75, 3.05) is 14.7 Å². The minimum Gasteiger partial charge on any atom is -0.311 e. The Balaban J connectivity index is 0.860. The van der Waals surface area contributed by atoms with Gasteiger partial charge >= 0.3 is 0 Å². The fraction of sp³-hybridized carbons (Fsp3) is 0.0145. The van der Waals surface area contributed by atoms with Crippen LogP contribution < -0.4 is 14.7 Å². The molecule has 0 bridgehead atoms. The number of anilines is 9. The highest BCUT2D eigenvalue weighted by molar-refractivity contribution is 5.84. The maximum atomic E-state index is 4.14. The van der Waals surface area contributed by atoms with E-state index < -0.39 is 0 Å². The maximum Gasteiger partial charge on any atom is 0.0467 e. The molecule has 72 heavy (non-hydrogen) atoms. The molecule has 3 heteroatoms. The van der Waals surface area contributed by atoms with E-state index >= 15 is 0 Å². The van der Waals surface area contributed by atoms with Gasteiger partial charge in [0, 0.05) is 51.2 Å². The van der Waals surface area contributed by atoms with Gasteiger partial charge < -0.3 is 14.7 Å². The second-order valence-electron chi connectivity index (χ2n) is 17.9. The van der Waals surface area contributed by atoms with Crippen LogP contribution in [-0.2, 0) is 0 Å². The number of rotatable bonds is 14. The summed E-state index contributed by atoms with van der Waals surface area (Å²) in [6, 6.07) is 102. The first kappa shape index (κ1) is 45.0. The van der Waals surface area contributed by atoms with Gasteiger partial charge in [-0.2, -0.15) is 0 Å². The summed E-state index contributed by atoms with van der Waals surface area (Å²) in [6.45, 7) is 6.27. The minimum absolute atomic E-state index is 1.07. The predicted molar refractivity (Wildman–Crippen MR) is 307 cm³/mol. The lowest BCUT2D eigenvalue weighted by Gasteiger charge is -2.27. The van der Waals surface area contributed by atoms with E-state index in [1.807, 2.05) is 6.08 Å². The molecule has 11 aromatic carbocycles. The molecule has 0 saturated heterocycles. The van der Waals surface area contributed by atoms with Gasteiger partial charge in [-0.05, 0) is 172 Å². The number of aryl methyl sites for hydroxylation is 1. The molecule has 0 fully saturated rings. The lowest BCUT2D eigenvalue weighted by molar-refractivity contribution is 1.27. The van der Waals surface area contributed by atoms with Crippen molar-refractivity contribution in [2.24, 2.45) is 0 Å². The van der Waals surface area contributed by atoms with Gasteiger partial charge in [0.1, 0.15) is 0 Å². The van der Waals surface area contributed by atoms with Crippen LogP contribution in [0.1, 0.15) is 11.1 Å². The lowest BCUT2D eigenvalue weighted by Crippen LogP contribution is -2.10. The summed E-state index contributed by atoms with van der Waals surface area (Å²) < 4.78 is 0. The Morgan fingerprint density at radius 1 is 0.236 bits per heavy atom. The van der Waals surface area contributed by atoms with Crippen molar-refractivity contribution >= 4 is 57.3 Å². The third-order valence-corrected chi connectivity index (χ3v) is 13.4. The first-order valence-electron chi connectivity index (χ1n) is 24.5. The van der Waals surface area contributed by atoms with Crippen LogP contribution in [0.5, 0.6) is 0 Å². The highest BCUT2D eigenvalue weighted by atomic mass is 15.2. The van der Waals surface area contributed by atoms with E-state index in [4.69, 9.17) is 0 Å². The van der Waals surface area contributed by atoms with Crippen molar-refractivity contribution in [2.45, 2.75) is 6.92 Å². The zero-order chi connectivity index (χ0) is 48.6. The molecule has 344 valence electrons. The fourth-order valence-corrected chi connectivity index (χ4v) is 9.56. The summed E-state index contributed by atoms with van der Waals surface area (Å²) in [5.74, 6) is 0. The summed E-state index contributed by atoms with van der Waals surface area (Å²) in [5.41, 5.74) is 21.5. The quantitative estimate of drug-likeness (QED) is 0.108. The van der Waals surface area contributed by atoms with Gasteiger partial charge in [0.15, 0.2) is 0 Å². The molecule has 0 saturated carbocycles. The average molecular weight is 924 g/mol. The highest BCUT2D eigenvalue weighted by Gasteiger charge is 2.17. The van der Waals surface area contributed by atoms with E-state index in [0.29, 0.717) is 0 Å². The molecule has 0 heterocycles. The molecule has 11 rings (SSSR count). The highest BCUT2D eigenvalue weighted by Crippen LogP contribution is 2.41. The number of para-hydroxylation sites is 2. The Morgan fingerprint density at radius 3 is 0.708 bits per heavy atom. The van der Waals surface area contributed by atoms with Crippen LogP contribution in [-0.4, -0.2) is 0 Å². The van der Waals surface area contributed by atoms with Crippen LogP contribution in [0.3, 0.4) is 0 Å². The molecule has 0 aliphatic rings. The van der Waals surface area contributed by atoms with Crippen LogP contribution in [0.25, 0.3) is 50.6 Å². The van der Waals surface area contributed by atoms with Gasteiger partial charge in [0.05, 0.1) is 0 Å². The molecular weight excluding hydrogens is 871 g/mol. The summed E-state index contributed by atoms with van der Waals surface area (Å²) in [4.78, 5) is 6.95. The molecule has 0 N–H and O–H groups in total. The van der Waals surface area contributed by atoms with Crippen molar-refractivity contribution < 1.29 is 0 Å². The molecule has 0 atom stereocenters. The van der Waals surface area contributed by atoms with E-state index in [2.05, 4.69) is 313 Å². The standard InChI is InChI=1S/C69H53N3/c1-3-52-50-69(37-24-51(52)2)72(67-46-33-59(34-47-67)57-29-42-65(43-30-57)70(61-20-12-6-13-21-61)63-38-25-55(26-39-63)53-16-8-4-9-17-53)68-48-35-60(36-49-68)58-31-44-66(45-32-58)71(62-22-14-7-15-23-62)64-40-27-56(28-41-64)54-18-10-5-11-19-54/h3-50H,1H2,2H3. The van der Waals surface area contributed by atoms with Crippen LogP contribution >= 0.6 is 0 Å².